The predicted octanol–water partition coefficient (Wildman–Crippen LogP) is 4.39. The summed E-state index contributed by atoms with van der Waals surface area (Å²) >= 11 is 3.03. The van der Waals surface area contributed by atoms with Gasteiger partial charge in [0.25, 0.3) is 0 Å². The van der Waals surface area contributed by atoms with Gasteiger partial charge in [0.15, 0.2) is 11.0 Å². The Labute approximate surface area is 161 Å². The van der Waals surface area contributed by atoms with Gasteiger partial charge in [-0.25, -0.2) is 0 Å². The van der Waals surface area contributed by atoms with Crippen LogP contribution >= 0.6 is 23.1 Å². The molecule has 2 aromatic heterocycles. The van der Waals surface area contributed by atoms with Gasteiger partial charge in [-0.3, -0.25) is 9.36 Å². The van der Waals surface area contributed by atoms with Crippen LogP contribution in [0.3, 0.4) is 0 Å². The zero-order valence-corrected chi connectivity index (χ0v) is 16.5. The molecule has 0 aliphatic heterocycles. The van der Waals surface area contributed by atoms with Crippen LogP contribution in [0.1, 0.15) is 26.7 Å². The zero-order valence-electron chi connectivity index (χ0n) is 14.9. The van der Waals surface area contributed by atoms with E-state index in [-0.39, 0.29) is 11.9 Å². The van der Waals surface area contributed by atoms with E-state index in [1.54, 1.807) is 11.3 Å². The van der Waals surface area contributed by atoms with Crippen LogP contribution in [0.2, 0.25) is 0 Å². The molecule has 1 aromatic carbocycles. The average Bonchev–Trinajstić information content (AvgIpc) is 3.30. The first-order valence-corrected chi connectivity index (χ1v) is 10.5. The van der Waals surface area contributed by atoms with Gasteiger partial charge in [0, 0.05) is 11.7 Å². The number of nitrogens with zero attached hydrogens (tertiary/aromatic N) is 3. The summed E-state index contributed by atoms with van der Waals surface area (Å²) in [5.74, 6) is 1.15. The lowest BCUT2D eigenvalue weighted by atomic mass is 10.2. The summed E-state index contributed by atoms with van der Waals surface area (Å²) in [4.78, 5) is 13.2. The lowest BCUT2D eigenvalue weighted by Gasteiger charge is -2.13. The van der Waals surface area contributed by atoms with E-state index in [4.69, 9.17) is 0 Å². The molecule has 2 heterocycles. The fraction of sp³-hybridized carbons (Fsp3) is 0.316. The number of rotatable bonds is 8. The molecule has 1 atom stereocenters. The number of thioether (sulfide) groups is 1. The largest absolute Gasteiger partial charge is 0.353 e. The van der Waals surface area contributed by atoms with Crippen molar-refractivity contribution in [3.63, 3.8) is 0 Å². The molecule has 1 unspecified atom stereocenters. The van der Waals surface area contributed by atoms with Crippen molar-refractivity contribution in [1.29, 1.82) is 0 Å². The van der Waals surface area contributed by atoms with E-state index >= 15 is 0 Å². The van der Waals surface area contributed by atoms with Crippen molar-refractivity contribution in [2.45, 2.75) is 37.9 Å². The fourth-order valence-electron chi connectivity index (χ4n) is 2.69. The Morgan fingerprint density at radius 3 is 2.73 bits per heavy atom. The lowest BCUT2D eigenvalue weighted by molar-refractivity contribution is -0.119. The highest BCUT2D eigenvalue weighted by molar-refractivity contribution is 7.99. The number of para-hydroxylation sites is 1. The van der Waals surface area contributed by atoms with Gasteiger partial charge in [-0.15, -0.1) is 21.5 Å². The molecule has 7 heteroatoms. The van der Waals surface area contributed by atoms with E-state index in [1.165, 1.54) is 11.8 Å². The second-order valence-corrected chi connectivity index (χ2v) is 7.89. The zero-order chi connectivity index (χ0) is 18.4. The number of carbonyl (C=O) groups is 1. The number of nitrogens with one attached hydrogen (secondary N) is 1. The number of amides is 1. The van der Waals surface area contributed by atoms with Crippen molar-refractivity contribution in [2.24, 2.45) is 0 Å². The fourth-order valence-corrected chi connectivity index (χ4v) is 4.15. The highest BCUT2D eigenvalue weighted by Gasteiger charge is 2.18. The van der Waals surface area contributed by atoms with Gasteiger partial charge >= 0.3 is 0 Å². The molecule has 1 N–H and O–H groups in total. The van der Waals surface area contributed by atoms with Crippen LogP contribution in [0.5, 0.6) is 0 Å². The van der Waals surface area contributed by atoms with Crippen LogP contribution < -0.4 is 5.32 Å². The minimum Gasteiger partial charge on any atom is -0.353 e. The normalized spacial score (nSPS) is 12.1. The molecular weight excluding hydrogens is 364 g/mol. The Morgan fingerprint density at radius 1 is 1.23 bits per heavy atom. The average molecular weight is 387 g/mol. The standard InChI is InChI=1S/C19H22N4OS2/c1-3-8-14(2)20-17(24)13-26-19-22-21-18(16-11-7-12-25-16)23(19)15-9-5-4-6-10-15/h4-7,9-12,14H,3,8,13H2,1-2H3,(H,20,24). The first-order chi connectivity index (χ1) is 12.7. The molecular formula is C19H22N4OS2. The molecule has 0 radical (unpaired) electrons. The Morgan fingerprint density at radius 2 is 2.04 bits per heavy atom. The monoisotopic (exact) mass is 386 g/mol. The Kier molecular flexibility index (Phi) is 6.46. The van der Waals surface area contributed by atoms with Gasteiger partial charge in [-0.1, -0.05) is 49.4 Å². The summed E-state index contributed by atoms with van der Waals surface area (Å²) in [6, 6.07) is 14.2. The number of hydrogen-bond donors (Lipinski definition) is 1. The smallest absolute Gasteiger partial charge is 0.230 e. The Hall–Kier alpha value is -2.12. The summed E-state index contributed by atoms with van der Waals surface area (Å²) in [6.07, 6.45) is 2.04. The van der Waals surface area contributed by atoms with Crippen LogP contribution in [0.25, 0.3) is 16.4 Å². The molecule has 1 amide bonds. The van der Waals surface area contributed by atoms with Gasteiger partial charge in [0.1, 0.15) is 0 Å². The number of hydrogen-bond acceptors (Lipinski definition) is 5. The van der Waals surface area contributed by atoms with Crippen LogP contribution in [-0.2, 0) is 4.79 Å². The van der Waals surface area contributed by atoms with Gasteiger partial charge in [-0.05, 0) is 36.9 Å². The van der Waals surface area contributed by atoms with Crippen LogP contribution in [0.4, 0.5) is 0 Å². The SMILES string of the molecule is CCCC(C)NC(=O)CSc1nnc(-c2cccs2)n1-c1ccccc1. The quantitative estimate of drug-likeness (QED) is 0.583. The lowest BCUT2D eigenvalue weighted by Crippen LogP contribution is -2.33. The topological polar surface area (TPSA) is 59.8 Å². The molecule has 136 valence electrons. The molecule has 0 aliphatic carbocycles. The van der Waals surface area contributed by atoms with E-state index in [2.05, 4.69) is 22.4 Å². The number of thiophene rings is 1. The van der Waals surface area contributed by atoms with E-state index in [0.717, 1.165) is 34.4 Å². The van der Waals surface area contributed by atoms with Gasteiger partial charge in [0.2, 0.25) is 5.91 Å². The minimum absolute atomic E-state index is 0.0243. The third-order valence-corrected chi connectivity index (χ3v) is 5.65. The van der Waals surface area contributed by atoms with Gasteiger partial charge < -0.3 is 5.32 Å². The first kappa shape index (κ1) is 18.7. The van der Waals surface area contributed by atoms with E-state index in [9.17, 15) is 4.79 Å². The van der Waals surface area contributed by atoms with Crippen LogP contribution in [0, 0.1) is 0 Å². The van der Waals surface area contributed by atoms with Crippen molar-refractivity contribution in [3.05, 3.63) is 47.8 Å². The van der Waals surface area contributed by atoms with Crippen molar-refractivity contribution in [2.75, 3.05) is 5.75 Å². The summed E-state index contributed by atoms with van der Waals surface area (Å²) in [5, 5.41) is 14.5. The summed E-state index contributed by atoms with van der Waals surface area (Å²) in [7, 11) is 0. The summed E-state index contributed by atoms with van der Waals surface area (Å²) in [5.41, 5.74) is 0.989. The Bertz CT molecular complexity index is 831. The van der Waals surface area contributed by atoms with Crippen LogP contribution in [0.15, 0.2) is 53.0 Å². The molecule has 5 nitrogen and oxygen atoms in total. The molecule has 0 fully saturated rings. The third-order valence-electron chi connectivity index (χ3n) is 3.85. The predicted molar refractivity (Wildman–Crippen MR) is 108 cm³/mol. The summed E-state index contributed by atoms with van der Waals surface area (Å²) in [6.45, 7) is 4.15. The molecule has 3 rings (SSSR count). The van der Waals surface area contributed by atoms with Gasteiger partial charge in [-0.2, -0.15) is 0 Å². The molecule has 26 heavy (non-hydrogen) atoms. The van der Waals surface area contributed by atoms with Crippen molar-refractivity contribution in [1.82, 2.24) is 20.1 Å². The molecule has 0 saturated carbocycles. The van der Waals surface area contributed by atoms with Crippen molar-refractivity contribution in [3.8, 4) is 16.4 Å². The highest BCUT2D eigenvalue weighted by Crippen LogP contribution is 2.30. The molecule has 0 bridgehead atoms. The van der Waals surface area contributed by atoms with Gasteiger partial charge in [0.05, 0.1) is 10.6 Å². The van der Waals surface area contributed by atoms with E-state index in [1.807, 2.05) is 59.3 Å². The number of carbonyl (C=O) groups excluding carboxylic acids is 1. The number of benzene rings is 1. The maximum Gasteiger partial charge on any atom is 0.230 e. The second-order valence-electron chi connectivity index (χ2n) is 6.00. The van der Waals surface area contributed by atoms with E-state index in [0.29, 0.717) is 5.75 Å². The van der Waals surface area contributed by atoms with Crippen molar-refractivity contribution >= 4 is 29.0 Å². The van der Waals surface area contributed by atoms with E-state index < -0.39 is 0 Å². The highest BCUT2D eigenvalue weighted by atomic mass is 32.2. The number of aromatic nitrogens is 3. The summed E-state index contributed by atoms with van der Waals surface area (Å²) < 4.78 is 2.01. The third kappa shape index (κ3) is 4.53. The maximum atomic E-state index is 12.2. The Balaban J connectivity index is 1.80. The maximum absolute atomic E-state index is 12.2. The first-order valence-electron chi connectivity index (χ1n) is 8.66. The molecule has 3 aromatic rings. The second kappa shape index (κ2) is 9.00. The minimum atomic E-state index is 0.0243. The van der Waals surface area contributed by atoms with Crippen molar-refractivity contribution < 1.29 is 4.79 Å². The van der Waals surface area contributed by atoms with Crippen LogP contribution in [-0.4, -0.2) is 32.5 Å². The molecule has 0 aliphatic rings. The molecule has 0 saturated heterocycles. The molecule has 0 spiro atoms.